The van der Waals surface area contributed by atoms with Crippen LogP contribution in [-0.2, 0) is 6.42 Å². The van der Waals surface area contributed by atoms with Crippen molar-refractivity contribution in [3.05, 3.63) is 34.2 Å². The molecule has 0 saturated carbocycles. The van der Waals surface area contributed by atoms with Gasteiger partial charge in [0.1, 0.15) is 0 Å². The largest absolute Gasteiger partial charge is 0.140 e. The lowest BCUT2D eigenvalue weighted by Gasteiger charge is -1.98. The van der Waals surface area contributed by atoms with Crippen LogP contribution >= 0.6 is 22.9 Å². The van der Waals surface area contributed by atoms with Crippen LogP contribution in [0, 0.1) is 5.92 Å². The first-order valence-corrected chi connectivity index (χ1v) is 6.02. The molecule has 74 valence electrons. The number of hydrogen-bond donors (Lipinski definition) is 0. The molecule has 0 bridgehead atoms. The SMILES string of the molecule is CC(C)Cc1cc2cc(Cl)ccc2s1. The minimum atomic E-state index is 0.721. The molecule has 0 unspecified atom stereocenters. The second-order valence-electron chi connectivity index (χ2n) is 3.99. The van der Waals surface area contributed by atoms with Gasteiger partial charge in [-0.3, -0.25) is 0 Å². The lowest BCUT2D eigenvalue weighted by molar-refractivity contribution is 0.654. The van der Waals surface area contributed by atoms with Gasteiger partial charge < -0.3 is 0 Å². The van der Waals surface area contributed by atoms with Gasteiger partial charge in [0, 0.05) is 14.6 Å². The Morgan fingerprint density at radius 2 is 2.07 bits per heavy atom. The second-order valence-corrected chi connectivity index (χ2v) is 5.60. The fourth-order valence-corrected chi connectivity index (χ4v) is 3.01. The summed E-state index contributed by atoms with van der Waals surface area (Å²) in [6.07, 6.45) is 1.16. The molecule has 0 fully saturated rings. The lowest BCUT2D eigenvalue weighted by Crippen LogP contribution is -1.89. The fraction of sp³-hybridized carbons (Fsp3) is 0.333. The molecule has 2 rings (SSSR count). The maximum absolute atomic E-state index is 5.94. The third kappa shape index (κ3) is 2.10. The van der Waals surface area contributed by atoms with Gasteiger partial charge >= 0.3 is 0 Å². The Hall–Kier alpha value is -0.530. The highest BCUT2D eigenvalue weighted by atomic mass is 35.5. The zero-order valence-corrected chi connectivity index (χ0v) is 9.95. The van der Waals surface area contributed by atoms with E-state index in [1.165, 1.54) is 15.0 Å². The zero-order valence-electron chi connectivity index (χ0n) is 8.38. The summed E-state index contributed by atoms with van der Waals surface area (Å²) in [5.74, 6) is 0.721. The molecule has 0 amide bonds. The van der Waals surface area contributed by atoms with E-state index in [1.54, 1.807) is 0 Å². The molecule has 2 heteroatoms. The van der Waals surface area contributed by atoms with Gasteiger partial charge in [-0.15, -0.1) is 11.3 Å². The number of thiophene rings is 1. The summed E-state index contributed by atoms with van der Waals surface area (Å²) >= 11 is 7.81. The highest BCUT2D eigenvalue weighted by Crippen LogP contribution is 2.29. The van der Waals surface area contributed by atoms with Gasteiger partial charge in [0.15, 0.2) is 0 Å². The van der Waals surface area contributed by atoms with E-state index < -0.39 is 0 Å². The number of halogens is 1. The Bertz CT molecular complexity index is 443. The van der Waals surface area contributed by atoms with Crippen LogP contribution in [0.15, 0.2) is 24.3 Å². The Morgan fingerprint density at radius 3 is 2.79 bits per heavy atom. The molecule has 1 heterocycles. The van der Waals surface area contributed by atoms with E-state index in [-0.39, 0.29) is 0 Å². The molecule has 0 spiro atoms. The van der Waals surface area contributed by atoms with Gasteiger partial charge in [0.25, 0.3) is 0 Å². The molecule has 0 nitrogen and oxygen atoms in total. The van der Waals surface area contributed by atoms with Crippen LogP contribution in [0.4, 0.5) is 0 Å². The van der Waals surface area contributed by atoms with Gasteiger partial charge in [-0.2, -0.15) is 0 Å². The van der Waals surface area contributed by atoms with Crippen LogP contribution in [0.25, 0.3) is 10.1 Å². The van der Waals surface area contributed by atoms with E-state index in [9.17, 15) is 0 Å². The van der Waals surface area contributed by atoms with E-state index in [0.29, 0.717) is 0 Å². The Labute approximate surface area is 93.5 Å². The summed E-state index contributed by atoms with van der Waals surface area (Å²) in [7, 11) is 0. The van der Waals surface area contributed by atoms with Crippen molar-refractivity contribution in [2.24, 2.45) is 5.92 Å². The van der Waals surface area contributed by atoms with Crippen LogP contribution in [0.3, 0.4) is 0 Å². The van der Waals surface area contributed by atoms with Crippen molar-refractivity contribution in [2.45, 2.75) is 20.3 Å². The Morgan fingerprint density at radius 1 is 1.29 bits per heavy atom. The maximum Gasteiger partial charge on any atom is 0.0412 e. The van der Waals surface area contributed by atoms with Crippen molar-refractivity contribution >= 4 is 33.0 Å². The molecule has 0 saturated heterocycles. The van der Waals surface area contributed by atoms with Crippen LogP contribution in [0.1, 0.15) is 18.7 Å². The van der Waals surface area contributed by atoms with Gasteiger partial charge in [-0.1, -0.05) is 25.4 Å². The van der Waals surface area contributed by atoms with Crippen LogP contribution in [0.5, 0.6) is 0 Å². The van der Waals surface area contributed by atoms with Crippen LogP contribution < -0.4 is 0 Å². The van der Waals surface area contributed by atoms with Gasteiger partial charge in [-0.05, 0) is 42.0 Å². The van der Waals surface area contributed by atoms with E-state index in [1.807, 2.05) is 23.5 Å². The summed E-state index contributed by atoms with van der Waals surface area (Å²) in [6, 6.07) is 8.36. The van der Waals surface area contributed by atoms with Crippen molar-refractivity contribution in [1.82, 2.24) is 0 Å². The van der Waals surface area contributed by atoms with Crippen molar-refractivity contribution < 1.29 is 0 Å². The maximum atomic E-state index is 5.94. The van der Waals surface area contributed by atoms with Gasteiger partial charge in [-0.25, -0.2) is 0 Å². The van der Waals surface area contributed by atoms with E-state index in [0.717, 1.165) is 17.4 Å². The number of hydrogen-bond acceptors (Lipinski definition) is 1. The summed E-state index contributed by atoms with van der Waals surface area (Å²) in [4.78, 5) is 1.46. The third-order valence-electron chi connectivity index (χ3n) is 2.14. The highest BCUT2D eigenvalue weighted by molar-refractivity contribution is 7.19. The molecule has 0 aliphatic carbocycles. The lowest BCUT2D eigenvalue weighted by atomic mass is 10.1. The first-order chi connectivity index (χ1) is 6.65. The molecule has 1 aromatic heterocycles. The monoisotopic (exact) mass is 224 g/mol. The molecule has 14 heavy (non-hydrogen) atoms. The molecular weight excluding hydrogens is 212 g/mol. The minimum absolute atomic E-state index is 0.721. The van der Waals surface area contributed by atoms with Crippen molar-refractivity contribution in [3.8, 4) is 0 Å². The predicted octanol–water partition coefficient (Wildman–Crippen LogP) is 4.75. The minimum Gasteiger partial charge on any atom is -0.140 e. The Kier molecular flexibility index (Phi) is 2.80. The molecule has 0 N–H and O–H groups in total. The average molecular weight is 225 g/mol. The smallest absolute Gasteiger partial charge is 0.0412 e. The zero-order chi connectivity index (χ0) is 10.1. The second kappa shape index (κ2) is 3.92. The quantitative estimate of drug-likeness (QED) is 0.691. The van der Waals surface area contributed by atoms with Gasteiger partial charge in [0.05, 0.1) is 0 Å². The first-order valence-electron chi connectivity index (χ1n) is 4.83. The van der Waals surface area contributed by atoms with Crippen LogP contribution in [-0.4, -0.2) is 0 Å². The summed E-state index contributed by atoms with van der Waals surface area (Å²) in [6.45, 7) is 4.49. The summed E-state index contributed by atoms with van der Waals surface area (Å²) < 4.78 is 1.34. The van der Waals surface area contributed by atoms with Gasteiger partial charge in [0.2, 0.25) is 0 Å². The Balaban J connectivity index is 2.41. The highest BCUT2D eigenvalue weighted by Gasteiger charge is 2.03. The molecular formula is C12H13ClS. The van der Waals surface area contributed by atoms with E-state index in [2.05, 4.69) is 26.0 Å². The summed E-state index contributed by atoms with van der Waals surface area (Å²) in [5.41, 5.74) is 0. The molecule has 0 radical (unpaired) electrons. The van der Waals surface area contributed by atoms with Crippen molar-refractivity contribution in [3.63, 3.8) is 0 Å². The fourth-order valence-electron chi connectivity index (χ4n) is 1.57. The van der Waals surface area contributed by atoms with Crippen LogP contribution in [0.2, 0.25) is 5.02 Å². The standard InChI is InChI=1S/C12H13ClS/c1-8(2)5-11-7-9-6-10(13)3-4-12(9)14-11/h3-4,6-8H,5H2,1-2H3. The molecule has 0 aliphatic rings. The normalized spacial score (nSPS) is 11.4. The molecule has 2 aromatic rings. The molecule has 0 atom stereocenters. The number of fused-ring (bicyclic) bond motifs is 1. The summed E-state index contributed by atoms with van der Waals surface area (Å²) in [5, 5.41) is 2.10. The average Bonchev–Trinajstić information content (AvgIpc) is 2.44. The first kappa shape index (κ1) is 10.0. The number of rotatable bonds is 2. The topological polar surface area (TPSA) is 0 Å². The van der Waals surface area contributed by atoms with Crippen molar-refractivity contribution in [2.75, 3.05) is 0 Å². The van der Waals surface area contributed by atoms with E-state index >= 15 is 0 Å². The molecule has 0 aliphatic heterocycles. The number of benzene rings is 1. The predicted molar refractivity (Wildman–Crippen MR) is 65.4 cm³/mol. The molecule has 1 aromatic carbocycles. The third-order valence-corrected chi connectivity index (χ3v) is 3.51. The van der Waals surface area contributed by atoms with E-state index in [4.69, 9.17) is 11.6 Å². The van der Waals surface area contributed by atoms with Crippen molar-refractivity contribution in [1.29, 1.82) is 0 Å².